The molecule has 2 N–H and O–H groups in total. The van der Waals surface area contributed by atoms with Crippen LogP contribution in [0.3, 0.4) is 0 Å². The Morgan fingerprint density at radius 1 is 1.20 bits per heavy atom. The highest BCUT2D eigenvalue weighted by molar-refractivity contribution is 7.99. The Hall–Kier alpha value is -1.49. The van der Waals surface area contributed by atoms with E-state index in [1.165, 1.54) is 5.56 Å². The van der Waals surface area contributed by atoms with Crippen molar-refractivity contribution in [1.82, 2.24) is 5.32 Å². The number of hydrogen-bond acceptors (Lipinski definition) is 3. The number of aliphatic hydroxyl groups is 1. The van der Waals surface area contributed by atoms with Crippen LogP contribution in [0.2, 0.25) is 5.02 Å². The van der Waals surface area contributed by atoms with E-state index in [1.807, 2.05) is 36.4 Å². The van der Waals surface area contributed by atoms with Crippen molar-refractivity contribution >= 4 is 29.3 Å². The average molecular weight is 378 g/mol. The van der Waals surface area contributed by atoms with Crippen LogP contribution in [0.15, 0.2) is 58.3 Å². The van der Waals surface area contributed by atoms with Gasteiger partial charge in [0, 0.05) is 27.8 Å². The van der Waals surface area contributed by atoms with Crippen LogP contribution < -0.4 is 5.32 Å². The van der Waals surface area contributed by atoms with Crippen LogP contribution in [0.4, 0.5) is 0 Å². The van der Waals surface area contributed by atoms with Crippen LogP contribution in [0.5, 0.6) is 0 Å². The van der Waals surface area contributed by atoms with E-state index >= 15 is 0 Å². The maximum Gasteiger partial charge on any atom is 0.220 e. The number of rotatable bonds is 9. The SMILES string of the molecule is CC(O)CCCNC(=O)CCc1ccccc1Sc1ccc(Cl)cc1. The number of aryl methyl sites for hydroxylation is 1. The van der Waals surface area contributed by atoms with E-state index in [9.17, 15) is 9.90 Å². The molecule has 0 radical (unpaired) electrons. The van der Waals surface area contributed by atoms with Gasteiger partial charge in [0.25, 0.3) is 0 Å². The minimum atomic E-state index is -0.311. The van der Waals surface area contributed by atoms with Gasteiger partial charge < -0.3 is 10.4 Å². The fourth-order valence-corrected chi connectivity index (χ4v) is 3.50. The first-order valence-electron chi connectivity index (χ1n) is 8.50. The van der Waals surface area contributed by atoms with E-state index < -0.39 is 0 Å². The molecular weight excluding hydrogens is 354 g/mol. The van der Waals surface area contributed by atoms with Gasteiger partial charge in [-0.15, -0.1) is 0 Å². The zero-order valence-corrected chi connectivity index (χ0v) is 15.9. The monoisotopic (exact) mass is 377 g/mol. The maximum absolute atomic E-state index is 12.0. The quantitative estimate of drug-likeness (QED) is 0.622. The van der Waals surface area contributed by atoms with Gasteiger partial charge in [-0.05, 0) is 62.1 Å². The molecule has 3 nitrogen and oxygen atoms in total. The van der Waals surface area contributed by atoms with Gasteiger partial charge >= 0.3 is 0 Å². The second-order valence-electron chi connectivity index (χ2n) is 6.00. The lowest BCUT2D eigenvalue weighted by molar-refractivity contribution is -0.121. The smallest absolute Gasteiger partial charge is 0.220 e. The number of carbonyl (C=O) groups excluding carboxylic acids is 1. The largest absolute Gasteiger partial charge is 0.393 e. The van der Waals surface area contributed by atoms with E-state index in [1.54, 1.807) is 18.7 Å². The fourth-order valence-electron chi connectivity index (χ4n) is 2.40. The first-order chi connectivity index (χ1) is 12.0. The molecule has 1 unspecified atom stereocenters. The zero-order valence-electron chi connectivity index (χ0n) is 14.4. The molecule has 0 spiro atoms. The summed E-state index contributed by atoms with van der Waals surface area (Å²) in [4.78, 5) is 14.3. The summed E-state index contributed by atoms with van der Waals surface area (Å²) in [7, 11) is 0. The Balaban J connectivity index is 1.85. The molecule has 0 saturated heterocycles. The summed E-state index contributed by atoms with van der Waals surface area (Å²) >= 11 is 7.61. The van der Waals surface area contributed by atoms with Crippen molar-refractivity contribution in [2.24, 2.45) is 0 Å². The number of carbonyl (C=O) groups is 1. The average Bonchev–Trinajstić information content (AvgIpc) is 2.60. The van der Waals surface area contributed by atoms with Crippen molar-refractivity contribution in [3.8, 4) is 0 Å². The third-order valence-corrected chi connectivity index (χ3v) is 5.13. The molecule has 0 saturated carbocycles. The van der Waals surface area contributed by atoms with Crippen molar-refractivity contribution < 1.29 is 9.90 Å². The molecule has 134 valence electrons. The highest BCUT2D eigenvalue weighted by Crippen LogP contribution is 2.31. The maximum atomic E-state index is 12.0. The molecule has 0 aromatic heterocycles. The van der Waals surface area contributed by atoms with Crippen LogP contribution in [-0.4, -0.2) is 23.7 Å². The number of nitrogens with one attached hydrogen (secondary N) is 1. The van der Waals surface area contributed by atoms with E-state index in [2.05, 4.69) is 17.4 Å². The summed E-state index contributed by atoms with van der Waals surface area (Å²) < 4.78 is 0. The molecule has 0 heterocycles. The summed E-state index contributed by atoms with van der Waals surface area (Å²) in [6, 6.07) is 15.9. The minimum Gasteiger partial charge on any atom is -0.393 e. The molecule has 0 aliphatic carbocycles. The van der Waals surface area contributed by atoms with Crippen molar-refractivity contribution in [1.29, 1.82) is 0 Å². The third kappa shape index (κ3) is 7.51. The molecule has 2 aromatic rings. The van der Waals surface area contributed by atoms with Crippen LogP contribution in [0.25, 0.3) is 0 Å². The van der Waals surface area contributed by atoms with Gasteiger partial charge in [0.05, 0.1) is 6.10 Å². The van der Waals surface area contributed by atoms with Gasteiger partial charge in [0.2, 0.25) is 5.91 Å². The Morgan fingerprint density at radius 3 is 2.64 bits per heavy atom. The summed E-state index contributed by atoms with van der Waals surface area (Å²) in [6.45, 7) is 2.38. The van der Waals surface area contributed by atoms with E-state index in [-0.39, 0.29) is 12.0 Å². The Kier molecular flexibility index (Phi) is 8.32. The van der Waals surface area contributed by atoms with E-state index in [4.69, 9.17) is 11.6 Å². The second-order valence-corrected chi connectivity index (χ2v) is 7.56. The van der Waals surface area contributed by atoms with Gasteiger partial charge in [-0.2, -0.15) is 0 Å². The summed E-state index contributed by atoms with van der Waals surface area (Å²) in [6.07, 6.45) is 2.37. The van der Waals surface area contributed by atoms with Crippen molar-refractivity contribution in [2.45, 2.75) is 48.5 Å². The van der Waals surface area contributed by atoms with E-state index in [0.717, 1.165) is 21.2 Å². The first kappa shape index (κ1) is 19.8. The Labute approximate surface area is 158 Å². The second kappa shape index (κ2) is 10.5. The van der Waals surface area contributed by atoms with Crippen LogP contribution in [0.1, 0.15) is 31.7 Å². The minimum absolute atomic E-state index is 0.0527. The molecule has 1 amide bonds. The van der Waals surface area contributed by atoms with Gasteiger partial charge in [-0.3, -0.25) is 4.79 Å². The number of aliphatic hydroxyl groups excluding tert-OH is 1. The van der Waals surface area contributed by atoms with Gasteiger partial charge in [0.15, 0.2) is 0 Å². The highest BCUT2D eigenvalue weighted by Gasteiger charge is 2.07. The number of amides is 1. The molecule has 0 aliphatic rings. The van der Waals surface area contributed by atoms with Gasteiger partial charge in [-0.25, -0.2) is 0 Å². The van der Waals surface area contributed by atoms with Crippen LogP contribution in [-0.2, 0) is 11.2 Å². The predicted molar refractivity (Wildman–Crippen MR) is 104 cm³/mol. The number of hydrogen-bond donors (Lipinski definition) is 2. The van der Waals surface area contributed by atoms with Crippen LogP contribution >= 0.6 is 23.4 Å². The summed E-state index contributed by atoms with van der Waals surface area (Å²) in [5.41, 5.74) is 1.17. The fraction of sp³-hybridized carbons (Fsp3) is 0.350. The summed E-state index contributed by atoms with van der Waals surface area (Å²) in [5, 5.41) is 12.9. The lowest BCUT2D eigenvalue weighted by atomic mass is 10.1. The highest BCUT2D eigenvalue weighted by atomic mass is 35.5. The third-order valence-electron chi connectivity index (χ3n) is 3.76. The Morgan fingerprint density at radius 2 is 1.92 bits per heavy atom. The van der Waals surface area contributed by atoms with Crippen molar-refractivity contribution in [3.05, 3.63) is 59.1 Å². The lowest BCUT2D eigenvalue weighted by Gasteiger charge is -2.10. The van der Waals surface area contributed by atoms with Crippen molar-refractivity contribution in [2.75, 3.05) is 6.54 Å². The molecule has 2 rings (SSSR count). The molecule has 0 aliphatic heterocycles. The molecule has 1 atom stereocenters. The number of halogens is 1. The summed E-state index contributed by atoms with van der Waals surface area (Å²) in [5.74, 6) is 0.0527. The number of benzene rings is 2. The Bertz CT molecular complexity index is 674. The van der Waals surface area contributed by atoms with Gasteiger partial charge in [-0.1, -0.05) is 41.6 Å². The molecule has 0 bridgehead atoms. The van der Waals surface area contributed by atoms with Crippen LogP contribution in [0, 0.1) is 0 Å². The molecule has 0 fully saturated rings. The molecular formula is C20H24ClNO2S. The van der Waals surface area contributed by atoms with Gasteiger partial charge in [0.1, 0.15) is 0 Å². The standard InChI is InChI=1S/C20H24ClNO2S/c1-15(23)5-4-14-22-20(24)13-8-16-6-2-3-7-19(16)25-18-11-9-17(21)10-12-18/h2-3,6-7,9-12,15,23H,4-5,8,13-14H2,1H3,(H,22,24). The molecule has 25 heavy (non-hydrogen) atoms. The lowest BCUT2D eigenvalue weighted by Crippen LogP contribution is -2.25. The van der Waals surface area contributed by atoms with E-state index in [0.29, 0.717) is 25.8 Å². The molecule has 5 heteroatoms. The normalized spacial score (nSPS) is 12.0. The zero-order chi connectivity index (χ0) is 18.1. The topological polar surface area (TPSA) is 49.3 Å². The van der Waals surface area contributed by atoms with Crippen molar-refractivity contribution in [3.63, 3.8) is 0 Å². The first-order valence-corrected chi connectivity index (χ1v) is 9.70. The molecule has 2 aromatic carbocycles. The predicted octanol–water partition coefficient (Wildman–Crippen LogP) is 4.70.